The van der Waals surface area contributed by atoms with Crippen molar-refractivity contribution in [3.8, 4) is 34.1 Å². The Morgan fingerprint density at radius 3 is 2.18 bits per heavy atom. The van der Waals surface area contributed by atoms with Crippen LogP contribution in [0.1, 0.15) is 16.7 Å². The van der Waals surface area contributed by atoms with E-state index < -0.39 is 15.5 Å². The number of aryl methyl sites for hydroxylation is 1. The van der Waals surface area contributed by atoms with Crippen molar-refractivity contribution >= 4 is 16.2 Å². The molecule has 1 aliphatic carbocycles. The summed E-state index contributed by atoms with van der Waals surface area (Å²) in [7, 11) is 0.401. The first-order valence-electron chi connectivity index (χ1n) is 10.5. The molecule has 0 amide bonds. The molecule has 0 heterocycles. The van der Waals surface area contributed by atoms with E-state index >= 15 is 0 Å². The van der Waals surface area contributed by atoms with Gasteiger partial charge in [0.15, 0.2) is 17.2 Å². The van der Waals surface area contributed by atoms with E-state index in [1.807, 2.05) is 25.1 Å². The molecule has 0 aliphatic heterocycles. The Morgan fingerprint density at radius 1 is 0.824 bits per heavy atom. The maximum atomic E-state index is 13.0. The molecule has 0 N–H and O–H groups in total. The minimum atomic E-state index is -4.18. The molecule has 0 fully saturated rings. The summed E-state index contributed by atoms with van der Waals surface area (Å²) in [6.45, 7) is 1.85. The lowest BCUT2D eigenvalue weighted by Gasteiger charge is -2.18. The van der Waals surface area contributed by atoms with Crippen molar-refractivity contribution in [1.29, 1.82) is 0 Å². The number of fused-ring (bicyclic) bond motifs is 3. The van der Waals surface area contributed by atoms with Gasteiger partial charge in [0.05, 0.1) is 21.3 Å². The minimum Gasteiger partial charge on any atom is -0.493 e. The molecule has 4 rings (SSSR count). The van der Waals surface area contributed by atoms with E-state index in [1.54, 1.807) is 25.3 Å². The third kappa shape index (κ3) is 4.24. The van der Waals surface area contributed by atoms with Gasteiger partial charge in [0.1, 0.15) is 4.90 Å². The molecule has 0 aromatic heterocycles. The van der Waals surface area contributed by atoms with Crippen LogP contribution < -0.4 is 23.8 Å². The zero-order valence-corrected chi connectivity index (χ0v) is 20.1. The summed E-state index contributed by atoms with van der Waals surface area (Å²) in [6.07, 6.45) is 4.29. The molecule has 1 aliphatic rings. The second-order valence-electron chi connectivity index (χ2n) is 7.71. The van der Waals surface area contributed by atoms with Gasteiger partial charge in [0, 0.05) is 5.56 Å². The van der Waals surface area contributed by atoms with E-state index in [4.69, 9.17) is 18.4 Å². The fraction of sp³-hybridized carbons (Fsp3) is 0.192. The van der Waals surface area contributed by atoms with E-state index in [0.717, 1.165) is 11.1 Å². The highest BCUT2D eigenvalue weighted by Crippen LogP contribution is 2.48. The normalized spacial score (nSPS) is 12.2. The van der Waals surface area contributed by atoms with Gasteiger partial charge in [-0.25, -0.2) is 0 Å². The van der Waals surface area contributed by atoms with Crippen LogP contribution in [-0.4, -0.2) is 29.7 Å². The van der Waals surface area contributed by atoms with Crippen molar-refractivity contribution in [3.63, 3.8) is 0 Å². The Balaban J connectivity index is 1.88. The number of rotatable bonds is 6. The molecule has 0 bridgehead atoms. The van der Waals surface area contributed by atoms with Crippen molar-refractivity contribution in [3.05, 3.63) is 81.5 Å². The van der Waals surface area contributed by atoms with Crippen LogP contribution in [0, 0.1) is 6.92 Å². The number of hydrogen-bond acceptors (Lipinski definition) is 7. The predicted octanol–water partition coefficient (Wildman–Crippen LogP) is 4.39. The number of methoxy groups -OCH3 is 3. The minimum absolute atomic E-state index is 0.0302. The first-order chi connectivity index (χ1) is 16.3. The Bertz CT molecular complexity index is 1440. The molecule has 0 unspecified atom stereocenters. The van der Waals surface area contributed by atoms with Gasteiger partial charge in [-0.05, 0) is 60.4 Å². The average Bonchev–Trinajstić information content (AvgIpc) is 3.07. The Hall–Kier alpha value is -3.78. The summed E-state index contributed by atoms with van der Waals surface area (Å²) in [4.78, 5) is 12.9. The Labute approximate surface area is 198 Å². The third-order valence-corrected chi connectivity index (χ3v) is 6.82. The summed E-state index contributed by atoms with van der Waals surface area (Å²) in [5, 5.41) is 0. The molecular weight excluding hydrogens is 456 g/mol. The number of allylic oxidation sites excluding steroid dienone is 1. The van der Waals surface area contributed by atoms with Crippen LogP contribution in [0.15, 0.2) is 64.3 Å². The van der Waals surface area contributed by atoms with Crippen molar-refractivity contribution in [2.24, 2.45) is 0 Å². The zero-order chi connectivity index (χ0) is 24.5. The Kier molecular flexibility index (Phi) is 6.34. The van der Waals surface area contributed by atoms with Gasteiger partial charge in [0.2, 0.25) is 11.2 Å². The van der Waals surface area contributed by atoms with Crippen LogP contribution in [0.2, 0.25) is 0 Å². The highest BCUT2D eigenvalue weighted by molar-refractivity contribution is 7.87. The van der Waals surface area contributed by atoms with Crippen LogP contribution in [0.25, 0.3) is 17.2 Å². The van der Waals surface area contributed by atoms with Gasteiger partial charge >= 0.3 is 10.1 Å². The molecular formula is C26H24O7S. The second-order valence-corrected chi connectivity index (χ2v) is 9.26. The first-order valence-corrected chi connectivity index (χ1v) is 11.9. The lowest BCUT2D eigenvalue weighted by Crippen LogP contribution is -2.14. The molecule has 0 spiro atoms. The Morgan fingerprint density at radius 2 is 1.53 bits per heavy atom. The summed E-state index contributed by atoms with van der Waals surface area (Å²) in [6, 6.07) is 12.5. The topological polar surface area (TPSA) is 88.1 Å². The van der Waals surface area contributed by atoms with Gasteiger partial charge < -0.3 is 18.4 Å². The molecule has 0 saturated heterocycles. The highest BCUT2D eigenvalue weighted by Gasteiger charge is 2.24. The van der Waals surface area contributed by atoms with Gasteiger partial charge in [-0.15, -0.1) is 0 Å². The molecule has 0 saturated carbocycles. The van der Waals surface area contributed by atoms with Crippen LogP contribution in [-0.2, 0) is 16.5 Å². The average molecular weight is 481 g/mol. The maximum Gasteiger partial charge on any atom is 0.339 e. The summed E-state index contributed by atoms with van der Waals surface area (Å²) >= 11 is 0. The van der Waals surface area contributed by atoms with Crippen molar-refractivity contribution in [2.45, 2.75) is 18.2 Å². The smallest absolute Gasteiger partial charge is 0.339 e. The van der Waals surface area contributed by atoms with Gasteiger partial charge in [-0.3, -0.25) is 4.79 Å². The zero-order valence-electron chi connectivity index (χ0n) is 19.2. The molecule has 7 nitrogen and oxygen atoms in total. The maximum absolute atomic E-state index is 13.0. The van der Waals surface area contributed by atoms with E-state index in [0.29, 0.717) is 40.4 Å². The number of ether oxygens (including phenoxy) is 3. The molecule has 3 aromatic carbocycles. The molecule has 0 radical (unpaired) electrons. The molecule has 3 aromatic rings. The number of benzene rings is 2. The summed E-state index contributed by atoms with van der Waals surface area (Å²) < 4.78 is 47.5. The van der Waals surface area contributed by atoms with Crippen molar-refractivity contribution in [1.82, 2.24) is 0 Å². The first kappa shape index (κ1) is 23.4. The van der Waals surface area contributed by atoms with Crippen molar-refractivity contribution in [2.75, 3.05) is 21.3 Å². The predicted molar refractivity (Wildman–Crippen MR) is 130 cm³/mol. The summed E-state index contributed by atoms with van der Waals surface area (Å²) in [5.74, 6) is 1.07. The second kappa shape index (κ2) is 9.23. The van der Waals surface area contributed by atoms with Crippen LogP contribution in [0.4, 0.5) is 0 Å². The van der Waals surface area contributed by atoms with Gasteiger partial charge in [-0.1, -0.05) is 35.9 Å². The van der Waals surface area contributed by atoms with Gasteiger partial charge in [-0.2, -0.15) is 8.42 Å². The van der Waals surface area contributed by atoms with Crippen molar-refractivity contribution < 1.29 is 26.8 Å². The largest absolute Gasteiger partial charge is 0.493 e. The fourth-order valence-electron chi connectivity index (χ4n) is 3.91. The third-order valence-electron chi connectivity index (χ3n) is 5.57. The van der Waals surface area contributed by atoms with Crippen LogP contribution in [0.3, 0.4) is 0 Å². The van der Waals surface area contributed by atoms with Crippen LogP contribution >= 0.6 is 0 Å². The van der Waals surface area contributed by atoms with E-state index in [9.17, 15) is 13.2 Å². The molecule has 0 atom stereocenters. The highest BCUT2D eigenvalue weighted by atomic mass is 32.2. The lowest BCUT2D eigenvalue weighted by atomic mass is 9.96. The van der Waals surface area contributed by atoms with E-state index in [-0.39, 0.29) is 10.6 Å². The van der Waals surface area contributed by atoms with Crippen LogP contribution in [0.5, 0.6) is 23.0 Å². The van der Waals surface area contributed by atoms with E-state index in [2.05, 4.69) is 0 Å². The monoisotopic (exact) mass is 480 g/mol. The SMILES string of the molecule is COc1cc2c(c(OC)c1OC)-c1ccc(OS(=O)(=O)c3ccc(C)cc3)c(=O)cc1CC=C2. The quantitative estimate of drug-likeness (QED) is 0.484. The van der Waals surface area contributed by atoms with Gasteiger partial charge in [0.25, 0.3) is 0 Å². The summed E-state index contributed by atoms with van der Waals surface area (Å²) in [5.41, 5.74) is 3.25. The molecule has 34 heavy (non-hydrogen) atoms. The molecule has 8 heteroatoms. The molecule has 176 valence electrons. The standard InChI is InChI=1S/C26H24O7S/c1-16-8-10-19(11-9-16)34(28,29)33-22-13-12-20-17(14-21(22)27)6-5-7-18-15-23(30-2)25(31-3)26(32-4)24(18)20/h5,7-15H,6H2,1-4H3. The lowest BCUT2D eigenvalue weighted by molar-refractivity contribution is 0.325. The van der Waals surface area contributed by atoms with E-state index in [1.165, 1.54) is 38.5 Å². The number of hydrogen-bond donors (Lipinski definition) is 0. The fourth-order valence-corrected chi connectivity index (χ4v) is 4.85.